The van der Waals surface area contributed by atoms with E-state index in [1.165, 1.54) is 0 Å². The zero-order valence-electron chi connectivity index (χ0n) is 9.34. The van der Waals surface area contributed by atoms with Crippen LogP contribution in [0.25, 0.3) is 0 Å². The number of carbonyl (C=O) groups excluding carboxylic acids is 1. The van der Waals surface area contributed by atoms with Gasteiger partial charge >= 0.3 is 0 Å². The Bertz CT molecular complexity index is 282. The maximum Gasteiger partial charge on any atom is 0.224 e. The summed E-state index contributed by atoms with van der Waals surface area (Å²) >= 11 is 0. The minimum absolute atomic E-state index is 0.0638. The van der Waals surface area contributed by atoms with Crippen molar-refractivity contribution in [1.29, 1.82) is 0 Å². The highest BCUT2D eigenvalue weighted by atomic mass is 16.1. The number of aromatic nitrogens is 1. The SMILES string of the molecule is CCC(CNC)C(=O)NCc1cc[nH]c1. The molecule has 84 valence electrons. The first kappa shape index (κ1) is 11.8. The second-order valence-corrected chi connectivity index (χ2v) is 3.60. The minimum atomic E-state index is 0.0638. The first-order valence-electron chi connectivity index (χ1n) is 5.32. The molecule has 0 saturated heterocycles. The van der Waals surface area contributed by atoms with Crippen LogP contribution in [0.5, 0.6) is 0 Å². The number of H-pyrrole nitrogens is 1. The predicted molar refractivity (Wildman–Crippen MR) is 60.3 cm³/mol. The lowest BCUT2D eigenvalue weighted by molar-refractivity contribution is -0.125. The topological polar surface area (TPSA) is 56.9 Å². The summed E-state index contributed by atoms with van der Waals surface area (Å²) in [4.78, 5) is 14.7. The molecule has 0 bridgehead atoms. The van der Waals surface area contributed by atoms with Crippen LogP contribution in [0.15, 0.2) is 18.5 Å². The molecule has 0 saturated carbocycles. The molecule has 0 fully saturated rings. The van der Waals surface area contributed by atoms with Gasteiger partial charge in [-0.05, 0) is 25.1 Å². The summed E-state index contributed by atoms with van der Waals surface area (Å²) in [5, 5.41) is 5.95. The number of hydrogen-bond acceptors (Lipinski definition) is 2. The molecule has 0 aliphatic rings. The number of amides is 1. The van der Waals surface area contributed by atoms with Crippen molar-refractivity contribution in [3.05, 3.63) is 24.0 Å². The normalized spacial score (nSPS) is 12.4. The van der Waals surface area contributed by atoms with Gasteiger partial charge in [0.2, 0.25) is 5.91 Å². The highest BCUT2D eigenvalue weighted by molar-refractivity contribution is 5.78. The third kappa shape index (κ3) is 3.75. The van der Waals surface area contributed by atoms with E-state index in [2.05, 4.69) is 15.6 Å². The van der Waals surface area contributed by atoms with Gasteiger partial charge in [0.1, 0.15) is 0 Å². The summed E-state index contributed by atoms with van der Waals surface area (Å²) in [7, 11) is 1.86. The molecule has 0 aliphatic carbocycles. The number of hydrogen-bond donors (Lipinski definition) is 3. The zero-order chi connectivity index (χ0) is 11.1. The van der Waals surface area contributed by atoms with E-state index in [4.69, 9.17) is 0 Å². The van der Waals surface area contributed by atoms with Crippen LogP contribution >= 0.6 is 0 Å². The van der Waals surface area contributed by atoms with Crippen LogP contribution < -0.4 is 10.6 Å². The fourth-order valence-electron chi connectivity index (χ4n) is 1.47. The van der Waals surface area contributed by atoms with Gasteiger partial charge in [0, 0.05) is 25.5 Å². The number of carbonyl (C=O) groups is 1. The van der Waals surface area contributed by atoms with Gasteiger partial charge in [-0.15, -0.1) is 0 Å². The Balaban J connectivity index is 2.34. The molecule has 1 heterocycles. The van der Waals surface area contributed by atoms with Gasteiger partial charge in [0.05, 0.1) is 5.92 Å². The maximum atomic E-state index is 11.7. The Labute approximate surface area is 90.5 Å². The van der Waals surface area contributed by atoms with E-state index in [-0.39, 0.29) is 11.8 Å². The van der Waals surface area contributed by atoms with Gasteiger partial charge < -0.3 is 15.6 Å². The fraction of sp³-hybridized carbons (Fsp3) is 0.545. The molecular formula is C11H19N3O. The second kappa shape index (κ2) is 6.24. The van der Waals surface area contributed by atoms with Crippen LogP contribution in [0.1, 0.15) is 18.9 Å². The molecule has 1 rings (SSSR count). The molecule has 0 aromatic carbocycles. The van der Waals surface area contributed by atoms with Gasteiger partial charge in [0.25, 0.3) is 0 Å². The Morgan fingerprint density at radius 2 is 2.40 bits per heavy atom. The molecule has 1 unspecified atom stereocenters. The van der Waals surface area contributed by atoms with E-state index in [1.54, 1.807) is 0 Å². The van der Waals surface area contributed by atoms with Crippen LogP contribution in [-0.2, 0) is 11.3 Å². The van der Waals surface area contributed by atoms with Crippen molar-refractivity contribution in [3.63, 3.8) is 0 Å². The Hall–Kier alpha value is -1.29. The van der Waals surface area contributed by atoms with Crippen molar-refractivity contribution >= 4 is 5.91 Å². The van der Waals surface area contributed by atoms with Crippen LogP contribution in [0, 0.1) is 5.92 Å². The molecule has 15 heavy (non-hydrogen) atoms. The molecule has 4 nitrogen and oxygen atoms in total. The van der Waals surface area contributed by atoms with E-state index in [9.17, 15) is 4.79 Å². The third-order valence-corrected chi connectivity index (χ3v) is 2.44. The number of aromatic amines is 1. The van der Waals surface area contributed by atoms with Crippen molar-refractivity contribution in [1.82, 2.24) is 15.6 Å². The molecule has 1 amide bonds. The highest BCUT2D eigenvalue weighted by Crippen LogP contribution is 2.02. The molecule has 1 aromatic heterocycles. The van der Waals surface area contributed by atoms with Crippen molar-refractivity contribution in [2.75, 3.05) is 13.6 Å². The second-order valence-electron chi connectivity index (χ2n) is 3.60. The molecule has 1 aromatic rings. The number of nitrogens with one attached hydrogen (secondary N) is 3. The summed E-state index contributed by atoms with van der Waals surface area (Å²) in [6, 6.07) is 1.96. The van der Waals surface area contributed by atoms with Gasteiger partial charge in [-0.25, -0.2) is 0 Å². The molecule has 0 aliphatic heterocycles. The smallest absolute Gasteiger partial charge is 0.224 e. The third-order valence-electron chi connectivity index (χ3n) is 2.44. The molecule has 3 N–H and O–H groups in total. The van der Waals surface area contributed by atoms with Gasteiger partial charge in [0.15, 0.2) is 0 Å². The first-order chi connectivity index (χ1) is 7.27. The largest absolute Gasteiger partial charge is 0.367 e. The fourth-order valence-corrected chi connectivity index (χ4v) is 1.47. The van der Waals surface area contributed by atoms with Crippen molar-refractivity contribution in [3.8, 4) is 0 Å². The van der Waals surface area contributed by atoms with E-state index < -0.39 is 0 Å². The maximum absolute atomic E-state index is 11.7. The molecule has 0 spiro atoms. The average Bonchev–Trinajstić information content (AvgIpc) is 2.75. The summed E-state index contributed by atoms with van der Waals surface area (Å²) in [6.07, 6.45) is 4.60. The first-order valence-corrected chi connectivity index (χ1v) is 5.32. The lowest BCUT2D eigenvalue weighted by Gasteiger charge is -2.13. The lowest BCUT2D eigenvalue weighted by atomic mass is 10.1. The van der Waals surface area contributed by atoms with Gasteiger partial charge in [-0.1, -0.05) is 6.92 Å². The van der Waals surface area contributed by atoms with Crippen LogP contribution in [0.4, 0.5) is 0 Å². The van der Waals surface area contributed by atoms with Gasteiger partial charge in [-0.3, -0.25) is 4.79 Å². The Morgan fingerprint density at radius 3 is 2.93 bits per heavy atom. The van der Waals surface area contributed by atoms with E-state index in [0.717, 1.165) is 18.5 Å². The quantitative estimate of drug-likeness (QED) is 0.651. The highest BCUT2D eigenvalue weighted by Gasteiger charge is 2.14. The van der Waals surface area contributed by atoms with Crippen LogP contribution in [0.3, 0.4) is 0 Å². The predicted octanol–water partition coefficient (Wildman–Crippen LogP) is 0.876. The number of rotatable bonds is 6. The Kier molecular flexibility index (Phi) is 4.90. The minimum Gasteiger partial charge on any atom is -0.367 e. The monoisotopic (exact) mass is 209 g/mol. The molecule has 4 heteroatoms. The standard InChI is InChI=1S/C11H19N3O/c1-3-10(8-12-2)11(15)14-7-9-4-5-13-6-9/h4-6,10,12-13H,3,7-8H2,1-2H3,(H,14,15). The summed E-state index contributed by atoms with van der Waals surface area (Å²) in [6.45, 7) is 3.36. The summed E-state index contributed by atoms with van der Waals surface area (Å²) < 4.78 is 0. The molecular weight excluding hydrogens is 190 g/mol. The lowest BCUT2D eigenvalue weighted by Crippen LogP contribution is -2.35. The van der Waals surface area contributed by atoms with E-state index in [0.29, 0.717) is 6.54 Å². The van der Waals surface area contributed by atoms with E-state index >= 15 is 0 Å². The van der Waals surface area contributed by atoms with Crippen LogP contribution in [0.2, 0.25) is 0 Å². The van der Waals surface area contributed by atoms with Crippen LogP contribution in [-0.4, -0.2) is 24.5 Å². The molecule has 1 atom stereocenters. The zero-order valence-corrected chi connectivity index (χ0v) is 9.34. The Morgan fingerprint density at radius 1 is 1.60 bits per heavy atom. The van der Waals surface area contributed by atoms with Crippen molar-refractivity contribution < 1.29 is 4.79 Å². The van der Waals surface area contributed by atoms with Gasteiger partial charge in [-0.2, -0.15) is 0 Å². The van der Waals surface area contributed by atoms with Crippen molar-refractivity contribution in [2.45, 2.75) is 19.9 Å². The summed E-state index contributed by atoms with van der Waals surface area (Å²) in [5.41, 5.74) is 1.10. The average molecular weight is 209 g/mol. The summed E-state index contributed by atoms with van der Waals surface area (Å²) in [5.74, 6) is 0.182. The molecule has 0 radical (unpaired) electrons. The van der Waals surface area contributed by atoms with E-state index in [1.807, 2.05) is 32.4 Å². The van der Waals surface area contributed by atoms with Crippen molar-refractivity contribution in [2.24, 2.45) is 5.92 Å².